The van der Waals surface area contributed by atoms with Gasteiger partial charge in [-0.25, -0.2) is 0 Å². The average molecular weight is 454 g/mol. The van der Waals surface area contributed by atoms with Crippen molar-refractivity contribution in [3.05, 3.63) is 74.1 Å². The van der Waals surface area contributed by atoms with Crippen molar-refractivity contribution in [3.8, 4) is 11.8 Å². The molecule has 1 saturated heterocycles. The number of fused-ring (bicyclic) bond motifs is 1. The molecule has 1 aliphatic rings. The highest BCUT2D eigenvalue weighted by Crippen LogP contribution is 2.38. The zero-order chi connectivity index (χ0) is 22.0. The summed E-state index contributed by atoms with van der Waals surface area (Å²) in [7, 11) is 0. The topological polar surface area (TPSA) is 83.8 Å². The fraction of sp³-hybridized carbons (Fsp3) is 0.182. The van der Waals surface area contributed by atoms with Crippen molar-refractivity contribution in [2.75, 3.05) is 26.2 Å². The molecule has 9 heteroatoms. The van der Waals surface area contributed by atoms with Gasteiger partial charge in [0.1, 0.15) is 4.88 Å². The molecule has 2 aromatic carbocycles. The second-order valence-corrected chi connectivity index (χ2v) is 8.31. The summed E-state index contributed by atoms with van der Waals surface area (Å²) in [6, 6.07) is 13.6. The van der Waals surface area contributed by atoms with E-state index >= 15 is 0 Å². The molecule has 156 valence electrons. The molecule has 1 fully saturated rings. The molecule has 0 aliphatic carbocycles. The number of hydrogen-bond acceptors (Lipinski definition) is 5. The van der Waals surface area contributed by atoms with Crippen LogP contribution in [0.25, 0.3) is 10.1 Å². The summed E-state index contributed by atoms with van der Waals surface area (Å²) in [4.78, 5) is 39.5. The van der Waals surface area contributed by atoms with E-state index in [2.05, 4.69) is 11.8 Å². The van der Waals surface area contributed by atoms with Gasteiger partial charge in [-0.3, -0.25) is 19.7 Å². The number of halogens is 1. The zero-order valence-electron chi connectivity index (χ0n) is 16.2. The Morgan fingerprint density at radius 2 is 1.71 bits per heavy atom. The lowest BCUT2D eigenvalue weighted by molar-refractivity contribution is -0.384. The van der Waals surface area contributed by atoms with Crippen molar-refractivity contribution in [2.24, 2.45) is 0 Å². The van der Waals surface area contributed by atoms with Gasteiger partial charge < -0.3 is 9.80 Å². The molecule has 3 aromatic rings. The van der Waals surface area contributed by atoms with Gasteiger partial charge in [-0.1, -0.05) is 35.7 Å². The summed E-state index contributed by atoms with van der Waals surface area (Å²) < 4.78 is 0.590. The van der Waals surface area contributed by atoms with Crippen LogP contribution in [0.1, 0.15) is 15.2 Å². The molecule has 2 amide bonds. The van der Waals surface area contributed by atoms with E-state index in [0.29, 0.717) is 46.2 Å². The highest BCUT2D eigenvalue weighted by molar-refractivity contribution is 7.21. The number of rotatable bonds is 2. The number of amides is 2. The van der Waals surface area contributed by atoms with E-state index in [9.17, 15) is 19.7 Å². The number of nitro groups is 1. The van der Waals surface area contributed by atoms with Crippen molar-refractivity contribution in [1.82, 2.24) is 9.80 Å². The third kappa shape index (κ3) is 4.38. The molecule has 0 N–H and O–H groups in total. The smallest absolute Gasteiger partial charge is 0.298 e. The fourth-order valence-corrected chi connectivity index (χ4v) is 4.80. The van der Waals surface area contributed by atoms with Crippen LogP contribution in [-0.2, 0) is 4.79 Å². The van der Waals surface area contributed by atoms with Gasteiger partial charge in [0, 0.05) is 59.9 Å². The molecular weight excluding hydrogens is 438 g/mol. The first-order chi connectivity index (χ1) is 14.9. The maximum atomic E-state index is 13.0. The van der Waals surface area contributed by atoms with Gasteiger partial charge in [-0.05, 0) is 18.2 Å². The van der Waals surface area contributed by atoms with Gasteiger partial charge >= 0.3 is 0 Å². The minimum absolute atomic E-state index is 0.0480. The quantitative estimate of drug-likeness (QED) is 0.335. The van der Waals surface area contributed by atoms with Crippen molar-refractivity contribution in [2.45, 2.75) is 0 Å². The van der Waals surface area contributed by atoms with Gasteiger partial charge in [0.05, 0.1) is 9.95 Å². The van der Waals surface area contributed by atoms with Crippen LogP contribution in [0.2, 0.25) is 5.02 Å². The Morgan fingerprint density at radius 3 is 2.39 bits per heavy atom. The Morgan fingerprint density at radius 1 is 1.03 bits per heavy atom. The van der Waals surface area contributed by atoms with E-state index in [1.165, 1.54) is 12.1 Å². The first kappa shape index (κ1) is 20.8. The molecule has 1 aliphatic heterocycles. The molecule has 0 atom stereocenters. The lowest BCUT2D eigenvalue weighted by Gasteiger charge is -2.33. The van der Waals surface area contributed by atoms with E-state index in [4.69, 9.17) is 11.6 Å². The van der Waals surface area contributed by atoms with E-state index in [1.807, 2.05) is 30.3 Å². The number of benzene rings is 2. The number of non-ortho nitro benzene ring substituents is 1. The second kappa shape index (κ2) is 8.76. The van der Waals surface area contributed by atoms with Crippen LogP contribution in [-0.4, -0.2) is 52.7 Å². The van der Waals surface area contributed by atoms with Crippen LogP contribution in [0.4, 0.5) is 5.69 Å². The number of piperazine rings is 1. The van der Waals surface area contributed by atoms with Crippen LogP contribution in [0, 0.1) is 22.0 Å². The number of nitrogens with zero attached hydrogens (tertiary/aromatic N) is 3. The highest BCUT2D eigenvalue weighted by atomic mass is 35.5. The predicted molar refractivity (Wildman–Crippen MR) is 119 cm³/mol. The number of carbonyl (C=O) groups excluding carboxylic acids is 2. The summed E-state index contributed by atoms with van der Waals surface area (Å²) in [5, 5.41) is 11.9. The van der Waals surface area contributed by atoms with Crippen molar-refractivity contribution < 1.29 is 14.5 Å². The lowest BCUT2D eigenvalue weighted by Crippen LogP contribution is -2.50. The molecular formula is C22H16ClN3O4S. The molecule has 0 unspecified atom stereocenters. The van der Waals surface area contributed by atoms with Crippen molar-refractivity contribution >= 4 is 50.5 Å². The van der Waals surface area contributed by atoms with Crippen LogP contribution in [0.3, 0.4) is 0 Å². The minimum Gasteiger partial charge on any atom is -0.334 e. The maximum absolute atomic E-state index is 13.0. The maximum Gasteiger partial charge on any atom is 0.298 e. The molecule has 0 spiro atoms. The molecule has 0 radical (unpaired) electrons. The normalized spacial score (nSPS) is 13.6. The molecule has 31 heavy (non-hydrogen) atoms. The van der Waals surface area contributed by atoms with Gasteiger partial charge in [0.15, 0.2) is 0 Å². The third-order valence-electron chi connectivity index (χ3n) is 4.96. The highest BCUT2D eigenvalue weighted by Gasteiger charge is 2.27. The number of thiophene rings is 1. The van der Waals surface area contributed by atoms with Crippen LogP contribution < -0.4 is 0 Å². The summed E-state index contributed by atoms with van der Waals surface area (Å²) in [6.45, 7) is 1.48. The lowest BCUT2D eigenvalue weighted by atomic mass is 10.2. The van der Waals surface area contributed by atoms with Gasteiger partial charge in [0.25, 0.3) is 17.5 Å². The Balaban J connectivity index is 1.44. The molecule has 0 bridgehead atoms. The molecule has 1 aromatic heterocycles. The van der Waals surface area contributed by atoms with Gasteiger partial charge in [-0.15, -0.1) is 11.3 Å². The van der Waals surface area contributed by atoms with E-state index in [-0.39, 0.29) is 17.5 Å². The number of carbonyl (C=O) groups is 2. The third-order valence-corrected chi connectivity index (χ3v) is 6.60. The summed E-state index contributed by atoms with van der Waals surface area (Å²) in [6.07, 6.45) is 0. The predicted octanol–water partition coefficient (Wildman–Crippen LogP) is 3.80. The monoisotopic (exact) mass is 453 g/mol. The Labute approximate surface area is 187 Å². The van der Waals surface area contributed by atoms with E-state index in [1.54, 1.807) is 15.9 Å². The fourth-order valence-electron chi connectivity index (χ4n) is 3.29. The van der Waals surface area contributed by atoms with Crippen LogP contribution >= 0.6 is 22.9 Å². The van der Waals surface area contributed by atoms with Gasteiger partial charge in [-0.2, -0.15) is 0 Å². The standard InChI is InChI=1S/C22H16ClN3O4S/c23-20-17-8-7-16(26(29)30)14-18(17)31-21(20)22(28)25-12-10-24(11-13-25)19(27)9-6-15-4-2-1-3-5-15/h1-5,7-8,14H,10-13H2. The SMILES string of the molecule is O=C(C#Cc1ccccc1)N1CCN(C(=O)c2sc3cc([N+](=O)[O-])ccc3c2Cl)CC1. The number of hydrogen-bond donors (Lipinski definition) is 0. The second-order valence-electron chi connectivity index (χ2n) is 6.88. The Bertz CT molecular complexity index is 1240. The summed E-state index contributed by atoms with van der Waals surface area (Å²) in [5.41, 5.74) is 0.720. The van der Waals surface area contributed by atoms with E-state index in [0.717, 1.165) is 16.9 Å². The van der Waals surface area contributed by atoms with E-state index < -0.39 is 4.92 Å². The summed E-state index contributed by atoms with van der Waals surface area (Å²) >= 11 is 7.53. The van der Waals surface area contributed by atoms with Crippen LogP contribution in [0.5, 0.6) is 0 Å². The minimum atomic E-state index is -0.481. The first-order valence-electron chi connectivity index (χ1n) is 9.46. The average Bonchev–Trinajstić information content (AvgIpc) is 3.13. The van der Waals surface area contributed by atoms with Gasteiger partial charge in [0.2, 0.25) is 0 Å². The Kier molecular flexibility index (Phi) is 5.89. The van der Waals surface area contributed by atoms with Crippen molar-refractivity contribution in [1.29, 1.82) is 0 Å². The molecule has 4 rings (SSSR count). The largest absolute Gasteiger partial charge is 0.334 e. The number of nitro benzene ring substituents is 1. The zero-order valence-corrected chi connectivity index (χ0v) is 17.8. The molecule has 2 heterocycles. The summed E-state index contributed by atoms with van der Waals surface area (Å²) in [5.74, 6) is 4.98. The Hall–Kier alpha value is -3.41. The molecule has 0 saturated carbocycles. The van der Waals surface area contributed by atoms with Crippen molar-refractivity contribution in [3.63, 3.8) is 0 Å². The van der Waals surface area contributed by atoms with Crippen LogP contribution in [0.15, 0.2) is 48.5 Å². The molecule has 7 nitrogen and oxygen atoms in total. The first-order valence-corrected chi connectivity index (χ1v) is 10.6.